The first-order chi connectivity index (χ1) is 12.0. The van der Waals surface area contributed by atoms with Crippen LogP contribution in [-0.4, -0.2) is 39.1 Å². The van der Waals surface area contributed by atoms with Crippen LogP contribution in [0, 0.1) is 0 Å². The lowest BCUT2D eigenvalue weighted by atomic mass is 10.1. The average Bonchev–Trinajstić information content (AvgIpc) is 3.16. The second kappa shape index (κ2) is 8.33. The van der Waals surface area contributed by atoms with Gasteiger partial charge in [0.05, 0.1) is 12.1 Å². The summed E-state index contributed by atoms with van der Waals surface area (Å²) in [6, 6.07) is 9.08. The summed E-state index contributed by atoms with van der Waals surface area (Å²) >= 11 is 0. The first kappa shape index (κ1) is 19.9. The molecule has 1 aromatic carbocycles. The molecule has 1 aromatic heterocycles. The number of nitrogens with one attached hydrogen (secondary N) is 1. The molecule has 140 valence electrons. The number of carbonyl (C=O) groups is 1. The van der Waals surface area contributed by atoms with Crippen molar-refractivity contribution in [3.8, 4) is 0 Å². The van der Waals surface area contributed by atoms with Gasteiger partial charge < -0.3 is 14.8 Å². The van der Waals surface area contributed by atoms with E-state index in [-0.39, 0.29) is 42.1 Å². The number of nitrogens with zero attached hydrogens (tertiary/aromatic N) is 3. The van der Waals surface area contributed by atoms with Gasteiger partial charge in [0.15, 0.2) is 0 Å². The SMILES string of the molecule is Cl.Cn1cc(CN(C(=O)c2ccccc2)C2CCNC2)c(=O)n(C)c1=O. The van der Waals surface area contributed by atoms with Crippen molar-refractivity contribution in [2.45, 2.75) is 19.0 Å². The van der Waals surface area contributed by atoms with Gasteiger partial charge in [0, 0.05) is 38.4 Å². The molecular weight excluding hydrogens is 356 g/mol. The van der Waals surface area contributed by atoms with Gasteiger partial charge in [-0.3, -0.25) is 14.2 Å². The molecule has 0 spiro atoms. The molecule has 0 saturated carbocycles. The Morgan fingerprint density at radius 1 is 1.23 bits per heavy atom. The Hall–Kier alpha value is -2.38. The van der Waals surface area contributed by atoms with Crippen LogP contribution in [0.1, 0.15) is 22.3 Å². The van der Waals surface area contributed by atoms with Crippen LogP contribution in [0.25, 0.3) is 0 Å². The van der Waals surface area contributed by atoms with Gasteiger partial charge in [-0.1, -0.05) is 18.2 Å². The molecule has 1 N–H and O–H groups in total. The van der Waals surface area contributed by atoms with E-state index in [1.165, 1.54) is 17.8 Å². The highest BCUT2D eigenvalue weighted by Crippen LogP contribution is 2.16. The van der Waals surface area contributed by atoms with E-state index < -0.39 is 0 Å². The van der Waals surface area contributed by atoms with Crippen LogP contribution in [0.4, 0.5) is 0 Å². The van der Waals surface area contributed by atoms with Gasteiger partial charge in [-0.2, -0.15) is 0 Å². The fourth-order valence-corrected chi connectivity index (χ4v) is 3.19. The molecule has 1 atom stereocenters. The minimum atomic E-state index is -0.378. The monoisotopic (exact) mass is 378 g/mol. The predicted molar refractivity (Wildman–Crippen MR) is 102 cm³/mol. The van der Waals surface area contributed by atoms with Gasteiger partial charge in [-0.25, -0.2) is 4.79 Å². The molecule has 3 rings (SSSR count). The Bertz CT molecular complexity index is 886. The highest BCUT2D eigenvalue weighted by Gasteiger charge is 2.28. The lowest BCUT2D eigenvalue weighted by Gasteiger charge is -2.28. The summed E-state index contributed by atoms with van der Waals surface area (Å²) in [6.07, 6.45) is 2.36. The van der Waals surface area contributed by atoms with Crippen LogP contribution in [0.15, 0.2) is 46.1 Å². The van der Waals surface area contributed by atoms with E-state index in [9.17, 15) is 14.4 Å². The molecule has 1 aliphatic rings. The largest absolute Gasteiger partial charge is 0.330 e. The zero-order valence-corrected chi connectivity index (χ0v) is 15.7. The molecular formula is C18H23ClN4O3. The van der Waals surface area contributed by atoms with Crippen molar-refractivity contribution in [2.24, 2.45) is 14.1 Å². The number of benzene rings is 1. The molecule has 1 amide bonds. The fraction of sp³-hybridized carbons (Fsp3) is 0.389. The maximum atomic E-state index is 13.0. The number of amides is 1. The van der Waals surface area contributed by atoms with E-state index in [0.29, 0.717) is 17.7 Å². The summed E-state index contributed by atoms with van der Waals surface area (Å²) in [5, 5.41) is 3.26. The molecule has 1 saturated heterocycles. The van der Waals surface area contributed by atoms with E-state index in [2.05, 4.69) is 5.32 Å². The van der Waals surface area contributed by atoms with Crippen molar-refractivity contribution in [3.63, 3.8) is 0 Å². The molecule has 8 heteroatoms. The summed E-state index contributed by atoms with van der Waals surface area (Å²) in [4.78, 5) is 39.1. The first-order valence-electron chi connectivity index (χ1n) is 8.31. The molecule has 0 radical (unpaired) electrons. The second-order valence-electron chi connectivity index (χ2n) is 6.36. The molecule has 0 bridgehead atoms. The van der Waals surface area contributed by atoms with Crippen LogP contribution in [0.5, 0.6) is 0 Å². The highest BCUT2D eigenvalue weighted by atomic mass is 35.5. The van der Waals surface area contributed by atoms with Crippen molar-refractivity contribution in [3.05, 3.63) is 68.5 Å². The first-order valence-corrected chi connectivity index (χ1v) is 8.31. The van der Waals surface area contributed by atoms with E-state index in [1.54, 1.807) is 24.1 Å². The molecule has 2 aromatic rings. The zero-order chi connectivity index (χ0) is 18.0. The smallest absolute Gasteiger partial charge is 0.330 e. The van der Waals surface area contributed by atoms with E-state index in [0.717, 1.165) is 17.5 Å². The van der Waals surface area contributed by atoms with E-state index in [4.69, 9.17) is 0 Å². The molecule has 1 unspecified atom stereocenters. The molecule has 0 aliphatic carbocycles. The molecule has 7 nitrogen and oxygen atoms in total. The molecule has 2 heterocycles. The van der Waals surface area contributed by atoms with E-state index >= 15 is 0 Å². The Labute approximate surface area is 157 Å². The normalized spacial score (nSPS) is 16.2. The number of halogens is 1. The predicted octanol–water partition coefficient (Wildman–Crippen LogP) is 0.510. The quantitative estimate of drug-likeness (QED) is 0.841. The maximum absolute atomic E-state index is 13.0. The standard InChI is InChI=1S/C18H22N4O3.ClH/c1-20-11-14(16(23)21(2)18(20)25)12-22(15-8-9-19-10-15)17(24)13-6-4-3-5-7-13;/h3-7,11,15,19H,8-10,12H2,1-2H3;1H. The van der Waals surface area contributed by atoms with Crippen molar-refractivity contribution >= 4 is 18.3 Å². The third kappa shape index (κ3) is 3.89. The Morgan fingerprint density at radius 3 is 2.54 bits per heavy atom. The summed E-state index contributed by atoms with van der Waals surface area (Å²) in [5.41, 5.74) is 0.286. The second-order valence-corrected chi connectivity index (χ2v) is 6.36. The van der Waals surface area contributed by atoms with Crippen molar-refractivity contribution in [1.82, 2.24) is 19.4 Å². The number of hydrogen-bond acceptors (Lipinski definition) is 4. The molecule has 1 fully saturated rings. The minimum Gasteiger partial charge on any atom is -0.330 e. The fourth-order valence-electron chi connectivity index (χ4n) is 3.19. The maximum Gasteiger partial charge on any atom is 0.330 e. The van der Waals surface area contributed by atoms with Crippen molar-refractivity contribution < 1.29 is 4.79 Å². The van der Waals surface area contributed by atoms with E-state index in [1.807, 2.05) is 18.2 Å². The Balaban J connectivity index is 0.00000243. The van der Waals surface area contributed by atoms with Crippen molar-refractivity contribution in [1.29, 1.82) is 0 Å². The average molecular weight is 379 g/mol. The van der Waals surface area contributed by atoms with Gasteiger partial charge in [-0.05, 0) is 25.1 Å². The third-order valence-electron chi connectivity index (χ3n) is 4.61. The number of carbonyl (C=O) groups excluding carboxylic acids is 1. The summed E-state index contributed by atoms with van der Waals surface area (Å²) in [5.74, 6) is -0.106. The van der Waals surface area contributed by atoms with Crippen LogP contribution in [-0.2, 0) is 20.6 Å². The van der Waals surface area contributed by atoms with Gasteiger partial charge in [0.1, 0.15) is 0 Å². The van der Waals surface area contributed by atoms with Gasteiger partial charge >= 0.3 is 5.69 Å². The summed E-state index contributed by atoms with van der Waals surface area (Å²) < 4.78 is 2.45. The van der Waals surface area contributed by atoms with Crippen LogP contribution in [0.3, 0.4) is 0 Å². The lowest BCUT2D eigenvalue weighted by molar-refractivity contribution is 0.0674. The number of aryl methyl sites for hydroxylation is 1. The van der Waals surface area contributed by atoms with Crippen LogP contribution < -0.4 is 16.6 Å². The Kier molecular flexibility index (Phi) is 6.39. The van der Waals surface area contributed by atoms with Gasteiger partial charge in [0.25, 0.3) is 11.5 Å². The van der Waals surface area contributed by atoms with Crippen molar-refractivity contribution in [2.75, 3.05) is 13.1 Å². The highest BCUT2D eigenvalue weighted by molar-refractivity contribution is 5.94. The minimum absolute atomic E-state index is 0. The van der Waals surface area contributed by atoms with Crippen LogP contribution >= 0.6 is 12.4 Å². The molecule has 26 heavy (non-hydrogen) atoms. The Morgan fingerprint density at radius 2 is 1.92 bits per heavy atom. The summed E-state index contributed by atoms with van der Waals surface area (Å²) in [6.45, 7) is 1.72. The number of rotatable bonds is 4. The van der Waals surface area contributed by atoms with Gasteiger partial charge in [-0.15, -0.1) is 12.4 Å². The molecule has 1 aliphatic heterocycles. The zero-order valence-electron chi connectivity index (χ0n) is 14.8. The van der Waals surface area contributed by atoms with Gasteiger partial charge in [0.2, 0.25) is 0 Å². The lowest BCUT2D eigenvalue weighted by Crippen LogP contribution is -2.45. The topological polar surface area (TPSA) is 76.3 Å². The summed E-state index contributed by atoms with van der Waals surface area (Å²) in [7, 11) is 3.06. The third-order valence-corrected chi connectivity index (χ3v) is 4.61. The number of hydrogen-bond donors (Lipinski definition) is 1. The van der Waals surface area contributed by atoms with Crippen LogP contribution in [0.2, 0.25) is 0 Å². The number of aromatic nitrogens is 2.